The molecule has 8 heteroatoms. The van der Waals surface area contributed by atoms with E-state index in [9.17, 15) is 10.2 Å². The van der Waals surface area contributed by atoms with E-state index in [1.807, 2.05) is 26.0 Å². The molecule has 1 fully saturated rings. The number of hydrogen-bond acceptors (Lipinski definition) is 8. The second-order valence-electron chi connectivity index (χ2n) is 7.74. The molecule has 1 unspecified atom stereocenters. The van der Waals surface area contributed by atoms with Crippen LogP contribution in [-0.2, 0) is 4.74 Å². The van der Waals surface area contributed by atoms with Gasteiger partial charge in [-0.2, -0.15) is 0 Å². The lowest BCUT2D eigenvalue weighted by Crippen LogP contribution is -2.51. The van der Waals surface area contributed by atoms with Crippen LogP contribution in [0.4, 0.5) is 0 Å². The van der Waals surface area contributed by atoms with Gasteiger partial charge in [-0.3, -0.25) is 14.9 Å². The van der Waals surface area contributed by atoms with E-state index in [4.69, 9.17) is 4.74 Å². The number of allylic oxidation sites excluding steroid dienone is 2. The number of thioether (sulfide) groups is 1. The first-order chi connectivity index (χ1) is 14.4. The van der Waals surface area contributed by atoms with Crippen LogP contribution in [0, 0.1) is 0 Å². The zero-order chi connectivity index (χ0) is 21.7. The summed E-state index contributed by atoms with van der Waals surface area (Å²) in [5, 5.41) is 23.5. The summed E-state index contributed by atoms with van der Waals surface area (Å²) in [6.45, 7) is 14.0. The Morgan fingerprint density at radius 3 is 2.87 bits per heavy atom. The van der Waals surface area contributed by atoms with Gasteiger partial charge in [-0.25, -0.2) is 0 Å². The van der Waals surface area contributed by atoms with Crippen molar-refractivity contribution < 1.29 is 14.9 Å². The lowest BCUT2D eigenvalue weighted by atomic mass is 10.1. The van der Waals surface area contributed by atoms with Gasteiger partial charge in [0.25, 0.3) is 0 Å². The third kappa shape index (κ3) is 4.92. The molecule has 0 spiro atoms. The molecule has 2 aliphatic heterocycles. The molecule has 2 atom stereocenters. The summed E-state index contributed by atoms with van der Waals surface area (Å²) >= 11 is 1.50. The summed E-state index contributed by atoms with van der Waals surface area (Å²) in [6, 6.07) is 0.183. The van der Waals surface area contributed by atoms with Crippen molar-refractivity contribution in [3.63, 3.8) is 0 Å². The molecule has 30 heavy (non-hydrogen) atoms. The second kappa shape index (κ2) is 9.75. The maximum atomic E-state index is 12.2. The molecule has 3 rings (SSSR count). The van der Waals surface area contributed by atoms with Gasteiger partial charge in [0.2, 0.25) is 0 Å². The number of piperazine rings is 1. The number of hydrogen-bond donors (Lipinski definition) is 1. The minimum Gasteiger partial charge on any atom is -0.861 e. The molecular formula is C22H31N4O3S-. The van der Waals surface area contributed by atoms with Crippen LogP contribution in [0.15, 0.2) is 58.1 Å². The summed E-state index contributed by atoms with van der Waals surface area (Å²) in [7, 11) is 0. The van der Waals surface area contributed by atoms with Gasteiger partial charge in [0.05, 0.1) is 17.9 Å². The van der Waals surface area contributed by atoms with Crippen molar-refractivity contribution in [3.8, 4) is 0 Å². The van der Waals surface area contributed by atoms with Crippen molar-refractivity contribution in [2.45, 2.75) is 38.0 Å². The number of nitrogens with zero attached hydrogens (tertiary/aromatic N) is 4. The Morgan fingerprint density at radius 1 is 1.47 bits per heavy atom. The standard InChI is InChI=1S/C22H32N4O3S/c1-5-23-20(28)22(4)15-24-21(30-22)26-12-10-25(11-13-26)16(3)17-8-7-9-19(29-6-2)18(27)14-17/h5,7-8,14,16,27H,1,6,9-13,15H2,2-4H3,(H,23,28)/p-1/t16-,22?/m0/s1. The molecule has 0 saturated carbocycles. The van der Waals surface area contributed by atoms with Gasteiger partial charge in [0, 0.05) is 44.8 Å². The first-order valence-electron chi connectivity index (χ1n) is 10.4. The Labute approximate surface area is 183 Å². The zero-order valence-corrected chi connectivity index (χ0v) is 18.8. The van der Waals surface area contributed by atoms with Crippen LogP contribution in [0.1, 0.15) is 27.2 Å². The predicted molar refractivity (Wildman–Crippen MR) is 122 cm³/mol. The van der Waals surface area contributed by atoms with E-state index in [2.05, 4.69) is 39.4 Å². The minimum atomic E-state index is -0.633. The average molecular weight is 432 g/mol. The summed E-state index contributed by atoms with van der Waals surface area (Å²) in [6.07, 6.45) is 7.85. The highest BCUT2D eigenvalue weighted by Crippen LogP contribution is 2.35. The van der Waals surface area contributed by atoms with Crippen LogP contribution < -0.4 is 5.11 Å². The van der Waals surface area contributed by atoms with Gasteiger partial charge >= 0.3 is 0 Å². The van der Waals surface area contributed by atoms with Gasteiger partial charge in [0.1, 0.15) is 5.76 Å². The smallest absolute Gasteiger partial charge is 0.160 e. The summed E-state index contributed by atoms with van der Waals surface area (Å²) in [5.74, 6) is 0.658. The normalized spacial score (nSPS) is 26.9. The van der Waals surface area contributed by atoms with Gasteiger partial charge in [-0.1, -0.05) is 30.5 Å². The SMILES string of the molecule is C=CN=C([O-])C1(C)CN=C(N2CCN([C@@H](C)C3=CC(O)=C(OCC)CC=C3)CC2)S1. The van der Waals surface area contributed by atoms with Crippen molar-refractivity contribution in [1.82, 2.24) is 9.80 Å². The highest BCUT2D eigenvalue weighted by atomic mass is 32.2. The van der Waals surface area contributed by atoms with Crippen molar-refractivity contribution in [2.24, 2.45) is 9.98 Å². The third-order valence-electron chi connectivity index (χ3n) is 5.63. The number of ether oxygens (including phenoxy) is 1. The van der Waals surface area contributed by atoms with Crippen LogP contribution in [0.5, 0.6) is 0 Å². The third-order valence-corrected chi connectivity index (χ3v) is 6.95. The Morgan fingerprint density at radius 2 is 2.20 bits per heavy atom. The molecule has 1 aliphatic carbocycles. The topological polar surface area (TPSA) is 83.7 Å². The van der Waals surface area contributed by atoms with E-state index < -0.39 is 4.75 Å². The average Bonchev–Trinajstić information content (AvgIpc) is 3.06. The molecular weight excluding hydrogens is 400 g/mol. The monoisotopic (exact) mass is 431 g/mol. The molecule has 0 aromatic heterocycles. The van der Waals surface area contributed by atoms with E-state index in [0.29, 0.717) is 25.3 Å². The first kappa shape index (κ1) is 22.5. The highest BCUT2D eigenvalue weighted by Gasteiger charge is 2.36. The number of amidine groups is 1. The van der Waals surface area contributed by atoms with Crippen molar-refractivity contribution in [1.29, 1.82) is 0 Å². The fourth-order valence-electron chi connectivity index (χ4n) is 3.75. The van der Waals surface area contributed by atoms with Crippen molar-refractivity contribution >= 4 is 22.8 Å². The molecule has 3 aliphatic rings. The summed E-state index contributed by atoms with van der Waals surface area (Å²) in [5.41, 5.74) is 1.08. The Hall–Kier alpha value is -2.19. The maximum Gasteiger partial charge on any atom is 0.160 e. The zero-order valence-electron chi connectivity index (χ0n) is 18.0. The molecule has 0 aromatic rings. The van der Waals surface area contributed by atoms with Crippen LogP contribution in [0.2, 0.25) is 0 Å². The second-order valence-corrected chi connectivity index (χ2v) is 9.21. The lowest BCUT2D eigenvalue weighted by Gasteiger charge is -2.39. The van der Waals surface area contributed by atoms with Crippen LogP contribution >= 0.6 is 11.8 Å². The molecule has 0 radical (unpaired) electrons. The molecule has 0 bridgehead atoms. The van der Waals surface area contributed by atoms with Crippen molar-refractivity contribution in [2.75, 3.05) is 39.3 Å². The molecule has 1 saturated heterocycles. The quantitative estimate of drug-likeness (QED) is 0.514. The summed E-state index contributed by atoms with van der Waals surface area (Å²) < 4.78 is 4.90. The van der Waals surface area contributed by atoms with Crippen LogP contribution in [0.3, 0.4) is 0 Å². The molecule has 164 valence electrons. The van der Waals surface area contributed by atoms with Gasteiger partial charge in [-0.05, 0) is 38.3 Å². The molecule has 0 amide bonds. The van der Waals surface area contributed by atoms with Crippen LogP contribution in [-0.4, -0.2) is 76.1 Å². The van der Waals surface area contributed by atoms with E-state index in [1.165, 1.54) is 18.0 Å². The number of aliphatic hydroxyl groups is 1. The maximum absolute atomic E-state index is 12.2. The largest absolute Gasteiger partial charge is 0.861 e. The van der Waals surface area contributed by atoms with Crippen molar-refractivity contribution in [3.05, 3.63) is 48.1 Å². The first-order valence-corrected chi connectivity index (χ1v) is 11.2. The lowest BCUT2D eigenvalue weighted by molar-refractivity contribution is -0.220. The molecule has 2 heterocycles. The summed E-state index contributed by atoms with van der Waals surface area (Å²) in [4.78, 5) is 13.1. The highest BCUT2D eigenvalue weighted by molar-refractivity contribution is 8.15. The Kier molecular flexibility index (Phi) is 7.31. The van der Waals surface area contributed by atoms with Crippen LogP contribution in [0.25, 0.3) is 0 Å². The van der Waals surface area contributed by atoms with Gasteiger partial charge in [-0.15, -0.1) is 0 Å². The minimum absolute atomic E-state index is 0.181. The molecule has 7 nitrogen and oxygen atoms in total. The van der Waals surface area contributed by atoms with E-state index in [1.54, 1.807) is 0 Å². The van der Waals surface area contributed by atoms with E-state index in [0.717, 1.165) is 36.9 Å². The number of aliphatic hydroxyl groups excluding tert-OH is 1. The molecule has 1 N–H and O–H groups in total. The number of rotatable bonds is 6. The van der Waals surface area contributed by atoms with E-state index in [-0.39, 0.29) is 17.7 Å². The molecule has 0 aromatic carbocycles. The van der Waals surface area contributed by atoms with Gasteiger partial charge in [0.15, 0.2) is 10.9 Å². The fraction of sp³-hybridized carbons (Fsp3) is 0.545. The van der Waals surface area contributed by atoms with E-state index >= 15 is 0 Å². The predicted octanol–water partition coefficient (Wildman–Crippen LogP) is 2.45. The Balaban J connectivity index is 1.59. The van der Waals surface area contributed by atoms with Gasteiger partial charge < -0.3 is 19.8 Å². The number of aliphatic imine (C=N–C) groups is 2. The Bertz CT molecular complexity index is 809. The fourth-order valence-corrected chi connectivity index (χ4v) is 4.86.